The van der Waals surface area contributed by atoms with Gasteiger partial charge in [0.2, 0.25) is 0 Å². The van der Waals surface area contributed by atoms with Crippen molar-refractivity contribution >= 4 is 27.8 Å². The molecule has 0 aliphatic carbocycles. The number of hydrogen-bond donors (Lipinski definition) is 0. The molecule has 0 saturated heterocycles. The molecule has 1 aliphatic heterocycles. The van der Waals surface area contributed by atoms with Crippen molar-refractivity contribution in [2.24, 2.45) is 0 Å². The number of ether oxygens (including phenoxy) is 1. The van der Waals surface area contributed by atoms with E-state index in [1.807, 2.05) is 84.9 Å². The van der Waals surface area contributed by atoms with Crippen molar-refractivity contribution < 1.29 is 9.53 Å². The van der Waals surface area contributed by atoms with E-state index in [-0.39, 0.29) is 5.78 Å². The maximum Gasteiger partial charge on any atom is 0.196 e. The first-order valence-electron chi connectivity index (χ1n) is 8.05. The molecule has 2 nitrogen and oxygen atoms in total. The number of rotatable bonds is 2. The first-order valence-corrected chi connectivity index (χ1v) is 8.84. The van der Waals surface area contributed by atoms with Gasteiger partial charge in [-0.1, -0.05) is 70.5 Å². The summed E-state index contributed by atoms with van der Waals surface area (Å²) in [6.07, 6.45) is 1.51. The summed E-state index contributed by atoms with van der Waals surface area (Å²) in [6, 6.07) is 25.1. The molecule has 4 rings (SSSR count). The van der Waals surface area contributed by atoms with Crippen LogP contribution in [0.1, 0.15) is 27.6 Å². The SMILES string of the molecule is O=C1/C(=C\c2ccc(Br)cc2)C(c2ccccc2)Oc2ccccc21. The molecule has 1 heterocycles. The third kappa shape index (κ3) is 3.15. The van der Waals surface area contributed by atoms with Gasteiger partial charge < -0.3 is 4.74 Å². The smallest absolute Gasteiger partial charge is 0.196 e. The number of fused-ring (bicyclic) bond motifs is 1. The lowest BCUT2D eigenvalue weighted by atomic mass is 9.89. The Morgan fingerprint density at radius 1 is 0.840 bits per heavy atom. The van der Waals surface area contributed by atoms with Gasteiger partial charge in [-0.3, -0.25) is 4.79 Å². The Morgan fingerprint density at radius 2 is 1.52 bits per heavy atom. The number of ketones is 1. The molecule has 0 bridgehead atoms. The molecule has 122 valence electrons. The molecular weight excluding hydrogens is 376 g/mol. The summed E-state index contributed by atoms with van der Waals surface area (Å²) < 4.78 is 7.20. The average Bonchev–Trinajstić information content (AvgIpc) is 2.66. The molecule has 0 amide bonds. The van der Waals surface area contributed by atoms with Gasteiger partial charge in [0.1, 0.15) is 5.75 Å². The lowest BCUT2D eigenvalue weighted by Gasteiger charge is -2.28. The van der Waals surface area contributed by atoms with Crippen molar-refractivity contribution in [2.45, 2.75) is 6.10 Å². The van der Waals surface area contributed by atoms with Crippen molar-refractivity contribution in [3.05, 3.63) is 106 Å². The minimum absolute atomic E-state index is 0.0126. The van der Waals surface area contributed by atoms with E-state index in [2.05, 4.69) is 15.9 Å². The molecular formula is C22H15BrO2. The summed E-state index contributed by atoms with van der Waals surface area (Å²) in [7, 11) is 0. The molecule has 25 heavy (non-hydrogen) atoms. The van der Waals surface area contributed by atoms with E-state index in [4.69, 9.17) is 4.74 Å². The first-order chi connectivity index (χ1) is 12.2. The number of halogens is 1. The highest BCUT2D eigenvalue weighted by Gasteiger charge is 2.32. The van der Waals surface area contributed by atoms with E-state index in [0.29, 0.717) is 16.9 Å². The molecule has 1 unspecified atom stereocenters. The minimum atomic E-state index is -0.410. The Balaban J connectivity index is 1.85. The molecule has 1 aliphatic rings. The molecule has 1 atom stereocenters. The second-order valence-corrected chi connectivity index (χ2v) is 6.80. The van der Waals surface area contributed by atoms with Crippen LogP contribution in [0.2, 0.25) is 0 Å². The fraction of sp³-hybridized carbons (Fsp3) is 0.0455. The summed E-state index contributed by atoms with van der Waals surface area (Å²) in [4.78, 5) is 13.1. The maximum absolute atomic E-state index is 13.1. The van der Waals surface area contributed by atoms with Crippen LogP contribution in [0.4, 0.5) is 0 Å². The van der Waals surface area contributed by atoms with E-state index in [0.717, 1.165) is 15.6 Å². The zero-order valence-corrected chi connectivity index (χ0v) is 14.9. The predicted molar refractivity (Wildman–Crippen MR) is 103 cm³/mol. The lowest BCUT2D eigenvalue weighted by molar-refractivity contribution is 0.0963. The molecule has 0 fully saturated rings. The largest absolute Gasteiger partial charge is 0.480 e. The number of para-hydroxylation sites is 1. The van der Waals surface area contributed by atoms with Gasteiger partial charge in [-0.25, -0.2) is 0 Å². The quantitative estimate of drug-likeness (QED) is 0.513. The molecule has 0 saturated carbocycles. The predicted octanol–water partition coefficient (Wildman–Crippen LogP) is 5.85. The van der Waals surface area contributed by atoms with Crippen molar-refractivity contribution in [2.75, 3.05) is 0 Å². The zero-order chi connectivity index (χ0) is 17.2. The van der Waals surface area contributed by atoms with E-state index >= 15 is 0 Å². The van der Waals surface area contributed by atoms with Crippen LogP contribution in [0.5, 0.6) is 5.75 Å². The third-order valence-corrected chi connectivity index (χ3v) is 4.74. The second kappa shape index (κ2) is 6.69. The van der Waals surface area contributed by atoms with Gasteiger partial charge in [-0.05, 0) is 41.5 Å². The van der Waals surface area contributed by atoms with Gasteiger partial charge in [0.25, 0.3) is 0 Å². The summed E-state index contributed by atoms with van der Waals surface area (Å²) in [5.41, 5.74) is 3.19. The normalized spacial score (nSPS) is 17.9. The Hall–Kier alpha value is -2.65. The number of carbonyl (C=O) groups excluding carboxylic acids is 1. The number of carbonyl (C=O) groups is 1. The van der Waals surface area contributed by atoms with Gasteiger partial charge in [-0.15, -0.1) is 0 Å². The zero-order valence-electron chi connectivity index (χ0n) is 13.4. The monoisotopic (exact) mass is 390 g/mol. The summed E-state index contributed by atoms with van der Waals surface area (Å²) in [5, 5.41) is 0. The highest BCUT2D eigenvalue weighted by atomic mass is 79.9. The third-order valence-electron chi connectivity index (χ3n) is 4.22. The molecule has 0 N–H and O–H groups in total. The fourth-order valence-electron chi connectivity index (χ4n) is 2.98. The number of hydrogen-bond acceptors (Lipinski definition) is 2. The topological polar surface area (TPSA) is 26.3 Å². The standard InChI is InChI=1S/C22H15BrO2/c23-17-12-10-15(11-13-17)14-19-21(24)18-8-4-5-9-20(18)25-22(19)16-6-2-1-3-7-16/h1-14,22H/b19-14+. The van der Waals surface area contributed by atoms with Crippen LogP contribution in [0.15, 0.2) is 88.9 Å². The molecule has 3 aromatic rings. The molecule has 0 aromatic heterocycles. The van der Waals surface area contributed by atoms with Gasteiger partial charge in [-0.2, -0.15) is 0 Å². The maximum atomic E-state index is 13.1. The van der Waals surface area contributed by atoms with Crippen molar-refractivity contribution in [1.82, 2.24) is 0 Å². The highest BCUT2D eigenvalue weighted by molar-refractivity contribution is 9.10. The van der Waals surface area contributed by atoms with Crippen LogP contribution >= 0.6 is 15.9 Å². The van der Waals surface area contributed by atoms with Gasteiger partial charge in [0, 0.05) is 10.0 Å². The molecule has 3 heteroatoms. The van der Waals surface area contributed by atoms with Crippen molar-refractivity contribution in [1.29, 1.82) is 0 Å². The average molecular weight is 391 g/mol. The van der Waals surface area contributed by atoms with Crippen LogP contribution in [0.3, 0.4) is 0 Å². The van der Waals surface area contributed by atoms with E-state index in [1.54, 1.807) is 0 Å². The summed E-state index contributed by atoms with van der Waals surface area (Å²) in [6.45, 7) is 0. The number of Topliss-reactive ketones (excluding diaryl/α,β-unsaturated/α-hetero) is 1. The van der Waals surface area contributed by atoms with Crippen LogP contribution in [0.25, 0.3) is 6.08 Å². The van der Waals surface area contributed by atoms with E-state index < -0.39 is 6.10 Å². The first kappa shape index (κ1) is 15.9. The van der Waals surface area contributed by atoms with Crippen LogP contribution in [-0.2, 0) is 0 Å². The van der Waals surface area contributed by atoms with Gasteiger partial charge >= 0.3 is 0 Å². The Bertz CT molecular complexity index is 943. The van der Waals surface area contributed by atoms with E-state index in [1.165, 1.54) is 0 Å². The Kier molecular flexibility index (Phi) is 4.24. The molecule has 0 spiro atoms. The second-order valence-electron chi connectivity index (χ2n) is 5.89. The van der Waals surface area contributed by atoms with Gasteiger partial charge in [0.05, 0.1) is 5.56 Å². The minimum Gasteiger partial charge on any atom is -0.480 e. The highest BCUT2D eigenvalue weighted by Crippen LogP contribution is 2.39. The molecule has 3 aromatic carbocycles. The van der Waals surface area contributed by atoms with Crippen LogP contribution < -0.4 is 4.74 Å². The van der Waals surface area contributed by atoms with E-state index in [9.17, 15) is 4.79 Å². The van der Waals surface area contributed by atoms with Crippen LogP contribution in [0, 0.1) is 0 Å². The lowest BCUT2D eigenvalue weighted by Crippen LogP contribution is -2.23. The Morgan fingerprint density at radius 3 is 2.28 bits per heavy atom. The summed E-state index contributed by atoms with van der Waals surface area (Å²) >= 11 is 3.44. The summed E-state index contributed by atoms with van der Waals surface area (Å²) in [5.74, 6) is 0.646. The van der Waals surface area contributed by atoms with Crippen molar-refractivity contribution in [3.63, 3.8) is 0 Å². The van der Waals surface area contributed by atoms with Crippen LogP contribution in [-0.4, -0.2) is 5.78 Å². The molecule has 0 radical (unpaired) electrons. The van der Waals surface area contributed by atoms with Gasteiger partial charge in [0.15, 0.2) is 11.9 Å². The van der Waals surface area contributed by atoms with Crippen molar-refractivity contribution in [3.8, 4) is 5.75 Å². The Labute approximate surface area is 154 Å². The number of benzene rings is 3. The fourth-order valence-corrected chi connectivity index (χ4v) is 3.24.